The van der Waals surface area contributed by atoms with E-state index in [2.05, 4.69) is 309 Å². The van der Waals surface area contributed by atoms with E-state index in [0.717, 1.165) is 129 Å². The van der Waals surface area contributed by atoms with Gasteiger partial charge in [0.25, 0.3) is 0 Å². The molecule has 4 heterocycles. The Balaban J connectivity index is 0.000000148. The maximum Gasteiger partial charge on any atom is 0.160 e. The lowest BCUT2D eigenvalue weighted by Crippen LogP contribution is -2.00. The molecule has 0 bridgehead atoms. The molecule has 466 valence electrons. The molecule has 0 aliphatic heterocycles. The molecule has 0 fully saturated rings. The monoisotopic (exact) mass is 1270 g/mol. The normalized spacial score (nSPS) is 11.5. The maximum absolute atomic E-state index is 6.21. The van der Waals surface area contributed by atoms with E-state index in [-0.39, 0.29) is 0 Å². The predicted octanol–water partition coefficient (Wildman–Crippen LogP) is 25.2. The molecule has 6 heteroatoms. The summed E-state index contributed by atoms with van der Waals surface area (Å²) in [4.78, 5) is 15.3. The van der Waals surface area contributed by atoms with Crippen molar-refractivity contribution in [3.63, 3.8) is 0 Å². The highest BCUT2D eigenvalue weighted by atomic mass is 16.3. The number of aromatic nitrogens is 4. The van der Waals surface area contributed by atoms with Gasteiger partial charge in [0.2, 0.25) is 0 Å². The molecule has 0 saturated heterocycles. The number of benzene rings is 15. The SMILES string of the molecule is CCc1nc2ccccc2n1-c1ccc(-c2c3ccccc3c(-c3ccc(-c4ccccc4)cc3)c3ccccc23)cc1.c1ccc(-c2ccc(-c3cc(-c4cc(-c5ccc6oc7ccccc7c6c5)cc(-c5ccc6oc7ccccc7c6c5)c4)nc(-c4ccccc4)n3)cc2)cc1. The molecule has 0 aliphatic carbocycles. The minimum absolute atomic E-state index is 0.676. The van der Waals surface area contributed by atoms with Crippen LogP contribution in [0.1, 0.15) is 12.7 Å². The molecule has 0 aliphatic rings. The molecule has 0 saturated carbocycles. The Hall–Kier alpha value is -13.0. The van der Waals surface area contributed by atoms with Crippen LogP contribution in [0.25, 0.3) is 183 Å². The lowest BCUT2D eigenvalue weighted by molar-refractivity contribution is 0.668. The van der Waals surface area contributed by atoms with Crippen molar-refractivity contribution < 1.29 is 8.83 Å². The van der Waals surface area contributed by atoms with Gasteiger partial charge >= 0.3 is 0 Å². The first-order chi connectivity index (χ1) is 49.0. The van der Waals surface area contributed by atoms with Crippen molar-refractivity contribution in [1.29, 1.82) is 0 Å². The Labute approximate surface area is 572 Å². The summed E-state index contributed by atoms with van der Waals surface area (Å²) in [6.45, 7) is 2.17. The van der Waals surface area contributed by atoms with E-state index in [9.17, 15) is 0 Å². The van der Waals surface area contributed by atoms with Gasteiger partial charge in [-0.15, -0.1) is 0 Å². The Kier molecular flexibility index (Phi) is 14.8. The summed E-state index contributed by atoms with van der Waals surface area (Å²) >= 11 is 0. The Morgan fingerprint density at radius 2 is 0.616 bits per heavy atom. The summed E-state index contributed by atoms with van der Waals surface area (Å²) in [5, 5.41) is 9.44. The smallest absolute Gasteiger partial charge is 0.160 e. The van der Waals surface area contributed by atoms with Gasteiger partial charge < -0.3 is 8.83 Å². The molecule has 15 aromatic carbocycles. The highest BCUT2D eigenvalue weighted by molar-refractivity contribution is 6.21. The number of aryl methyl sites for hydroxylation is 1. The number of nitrogens with zero attached hydrogens (tertiary/aromatic N) is 4. The third kappa shape index (κ3) is 10.9. The lowest BCUT2D eigenvalue weighted by Gasteiger charge is -2.18. The summed E-state index contributed by atoms with van der Waals surface area (Å²) in [5.41, 5.74) is 25.6. The minimum Gasteiger partial charge on any atom is -0.456 e. The van der Waals surface area contributed by atoms with Crippen LogP contribution in [-0.2, 0) is 6.42 Å². The molecule has 0 amide bonds. The molecular formula is C93H62N4O2. The number of hydrogen-bond donors (Lipinski definition) is 0. The quantitative estimate of drug-likeness (QED) is 0.121. The Morgan fingerprint density at radius 1 is 0.253 bits per heavy atom. The topological polar surface area (TPSA) is 69.9 Å². The fourth-order valence-electron chi connectivity index (χ4n) is 14.4. The second kappa shape index (κ2) is 24.9. The van der Waals surface area contributed by atoms with Crippen molar-refractivity contribution >= 4 is 76.5 Å². The minimum atomic E-state index is 0.676. The van der Waals surface area contributed by atoms with Gasteiger partial charge in [0, 0.05) is 50.3 Å². The number of para-hydroxylation sites is 4. The predicted molar refractivity (Wildman–Crippen MR) is 411 cm³/mol. The van der Waals surface area contributed by atoms with Crippen molar-refractivity contribution in [2.24, 2.45) is 0 Å². The standard InChI is InChI=1S/C52H32N2O2.C41H30N2/c1-3-11-33(12-4-1)34-19-21-35(22-20-34)46-32-47(54-52(53-46)36-13-5-2-6-14-36)41-28-39(37-23-25-50-44(30-37)42-15-7-9-17-48(42)55-50)27-40(29-41)38-24-26-51-45(31-38)43-16-8-10-18-49(43)56-51;1-2-39-42-37-18-10-11-19-38(37)43(39)32-26-24-31(25-27-32)41-35-16-8-6-14-33(35)40(34-15-7-9-17-36(34)41)30-22-20-29(21-23-30)28-12-4-3-5-13-28/h1-32H;3-27H,2H2,1H3. The molecule has 0 unspecified atom stereocenters. The third-order valence-corrected chi connectivity index (χ3v) is 19.3. The number of hydrogen-bond acceptors (Lipinski definition) is 5. The van der Waals surface area contributed by atoms with Crippen LogP contribution < -0.4 is 0 Å². The van der Waals surface area contributed by atoms with Crippen LogP contribution >= 0.6 is 0 Å². The van der Waals surface area contributed by atoms with E-state index in [4.69, 9.17) is 23.8 Å². The summed E-state index contributed by atoms with van der Waals surface area (Å²) in [6, 6.07) is 122. The first-order valence-corrected chi connectivity index (χ1v) is 33.8. The summed E-state index contributed by atoms with van der Waals surface area (Å²) in [6.07, 6.45) is 0.875. The molecule has 0 atom stereocenters. The highest BCUT2D eigenvalue weighted by Gasteiger charge is 2.20. The molecule has 0 N–H and O–H groups in total. The fourth-order valence-corrected chi connectivity index (χ4v) is 14.4. The average Bonchev–Trinajstić information content (AvgIpc) is 1.64. The van der Waals surface area contributed by atoms with Crippen molar-refractivity contribution in [3.8, 4) is 106 Å². The van der Waals surface area contributed by atoms with Crippen molar-refractivity contribution in [3.05, 3.63) is 352 Å². The first-order valence-electron chi connectivity index (χ1n) is 33.8. The molecule has 19 aromatic rings. The van der Waals surface area contributed by atoms with E-state index >= 15 is 0 Å². The Morgan fingerprint density at radius 3 is 1.11 bits per heavy atom. The lowest BCUT2D eigenvalue weighted by atomic mass is 9.85. The highest BCUT2D eigenvalue weighted by Crippen LogP contribution is 2.45. The van der Waals surface area contributed by atoms with E-state index in [0.29, 0.717) is 5.82 Å². The number of fused-ring (bicyclic) bond motifs is 9. The molecule has 6 nitrogen and oxygen atoms in total. The van der Waals surface area contributed by atoms with E-state index in [1.54, 1.807) is 0 Å². The summed E-state index contributed by atoms with van der Waals surface area (Å²) in [7, 11) is 0. The van der Waals surface area contributed by atoms with Gasteiger partial charge in [-0.1, -0.05) is 268 Å². The van der Waals surface area contributed by atoms with Crippen LogP contribution in [0.3, 0.4) is 0 Å². The van der Waals surface area contributed by atoms with Crippen LogP contribution in [0, 0.1) is 0 Å². The van der Waals surface area contributed by atoms with Gasteiger partial charge in [0.05, 0.1) is 22.4 Å². The van der Waals surface area contributed by atoms with Crippen LogP contribution in [0.15, 0.2) is 355 Å². The van der Waals surface area contributed by atoms with Crippen LogP contribution in [0.5, 0.6) is 0 Å². The van der Waals surface area contributed by atoms with Crippen molar-refractivity contribution in [2.75, 3.05) is 0 Å². The van der Waals surface area contributed by atoms with Gasteiger partial charge in [0.1, 0.15) is 28.2 Å². The third-order valence-electron chi connectivity index (χ3n) is 19.3. The second-order valence-corrected chi connectivity index (χ2v) is 25.2. The fraction of sp³-hybridized carbons (Fsp3) is 0.0215. The van der Waals surface area contributed by atoms with Crippen LogP contribution in [0.4, 0.5) is 0 Å². The van der Waals surface area contributed by atoms with E-state index < -0.39 is 0 Å². The Bertz CT molecular complexity index is 6040. The van der Waals surface area contributed by atoms with Crippen molar-refractivity contribution in [1.82, 2.24) is 19.5 Å². The molecular weight excluding hydrogens is 1210 g/mol. The van der Waals surface area contributed by atoms with Crippen LogP contribution in [0.2, 0.25) is 0 Å². The number of furan rings is 2. The first kappa shape index (κ1) is 58.5. The van der Waals surface area contributed by atoms with Gasteiger partial charge in [-0.3, -0.25) is 4.57 Å². The van der Waals surface area contributed by atoms with E-state index in [1.807, 2.05) is 48.5 Å². The average molecular weight is 1270 g/mol. The molecule has 99 heavy (non-hydrogen) atoms. The van der Waals surface area contributed by atoms with Gasteiger partial charge in [-0.2, -0.15) is 0 Å². The van der Waals surface area contributed by atoms with Crippen molar-refractivity contribution in [2.45, 2.75) is 13.3 Å². The molecule has 4 aromatic heterocycles. The van der Waals surface area contributed by atoms with Gasteiger partial charge in [-0.05, 0) is 173 Å². The molecule has 0 spiro atoms. The number of rotatable bonds is 11. The van der Waals surface area contributed by atoms with E-state index in [1.165, 1.54) is 60.5 Å². The molecule has 19 rings (SSSR count). The van der Waals surface area contributed by atoms with Crippen LogP contribution in [-0.4, -0.2) is 19.5 Å². The largest absolute Gasteiger partial charge is 0.456 e. The zero-order valence-electron chi connectivity index (χ0n) is 54.2. The number of imidazole rings is 1. The maximum atomic E-state index is 6.21. The molecule has 0 radical (unpaired) electrons. The second-order valence-electron chi connectivity index (χ2n) is 25.2. The zero-order chi connectivity index (χ0) is 65.8. The zero-order valence-corrected chi connectivity index (χ0v) is 54.2. The van der Waals surface area contributed by atoms with Gasteiger partial charge in [0.15, 0.2) is 5.82 Å². The summed E-state index contributed by atoms with van der Waals surface area (Å²) < 4.78 is 14.7. The van der Waals surface area contributed by atoms with Gasteiger partial charge in [-0.25, -0.2) is 15.0 Å². The summed E-state index contributed by atoms with van der Waals surface area (Å²) in [5.74, 6) is 1.75.